The van der Waals surface area contributed by atoms with Crippen molar-refractivity contribution in [2.75, 3.05) is 0 Å². The number of rotatable bonds is 5. The van der Waals surface area contributed by atoms with Crippen molar-refractivity contribution in [2.45, 2.75) is 92.8 Å². The molecule has 3 saturated carbocycles. The fourth-order valence-electron chi connectivity index (χ4n) is 8.92. The molecule has 4 rings (SSSR count). The van der Waals surface area contributed by atoms with Crippen molar-refractivity contribution >= 4 is 23.5 Å². The van der Waals surface area contributed by atoms with Crippen LogP contribution < -0.4 is 0 Å². The van der Waals surface area contributed by atoms with Crippen LogP contribution in [0.2, 0.25) is 0 Å². The average Bonchev–Trinajstić information content (AvgIpc) is 3.09. The molecule has 0 aromatic heterocycles. The Balaban J connectivity index is 1.89. The lowest BCUT2D eigenvalue weighted by molar-refractivity contribution is -0.199. The van der Waals surface area contributed by atoms with Crippen molar-refractivity contribution in [3.05, 3.63) is 34.9 Å². The quantitative estimate of drug-likeness (QED) is 0.299. The number of carbonyl (C=O) groups is 4. The summed E-state index contributed by atoms with van der Waals surface area (Å²) in [5, 5.41) is 21.8. The number of aliphatic hydroxyl groups is 1. The van der Waals surface area contributed by atoms with Gasteiger partial charge in [-0.25, -0.2) is 4.79 Å². The third kappa shape index (κ3) is 3.95. The van der Waals surface area contributed by atoms with E-state index in [-0.39, 0.29) is 29.0 Å². The zero-order valence-electron chi connectivity index (χ0n) is 23.7. The Morgan fingerprint density at radius 3 is 2.37 bits per heavy atom. The molecule has 0 heterocycles. The van der Waals surface area contributed by atoms with Crippen LogP contribution in [0.4, 0.5) is 0 Å². The molecule has 3 fully saturated rings. The van der Waals surface area contributed by atoms with Gasteiger partial charge in [0.15, 0.2) is 11.6 Å². The molecule has 0 radical (unpaired) electrons. The van der Waals surface area contributed by atoms with E-state index in [1.807, 2.05) is 39.8 Å². The molecule has 38 heavy (non-hydrogen) atoms. The van der Waals surface area contributed by atoms with Gasteiger partial charge in [0.1, 0.15) is 12.2 Å². The Bertz CT molecular complexity index is 1160. The van der Waals surface area contributed by atoms with Gasteiger partial charge >= 0.3 is 11.9 Å². The van der Waals surface area contributed by atoms with E-state index in [1.165, 1.54) is 6.92 Å². The van der Waals surface area contributed by atoms with Crippen LogP contribution in [-0.4, -0.2) is 45.9 Å². The van der Waals surface area contributed by atoms with Crippen molar-refractivity contribution < 1.29 is 34.1 Å². The van der Waals surface area contributed by atoms with E-state index in [0.29, 0.717) is 37.7 Å². The van der Waals surface area contributed by atoms with Crippen molar-refractivity contribution in [3.63, 3.8) is 0 Å². The van der Waals surface area contributed by atoms with Crippen LogP contribution in [0.3, 0.4) is 0 Å². The Morgan fingerprint density at radius 1 is 1.13 bits per heavy atom. The van der Waals surface area contributed by atoms with E-state index in [0.717, 1.165) is 5.57 Å². The summed E-state index contributed by atoms with van der Waals surface area (Å²) < 4.78 is 5.78. The van der Waals surface area contributed by atoms with Crippen molar-refractivity contribution in [1.29, 1.82) is 0 Å². The molecule has 4 aliphatic carbocycles. The summed E-state index contributed by atoms with van der Waals surface area (Å²) in [6, 6.07) is 0. The molecule has 0 spiro atoms. The maximum absolute atomic E-state index is 14.2. The number of aliphatic carboxylic acids is 1. The number of fused-ring (bicyclic) bond motifs is 5. The van der Waals surface area contributed by atoms with Crippen LogP contribution in [0.5, 0.6) is 0 Å². The largest absolute Gasteiger partial charge is 0.478 e. The number of esters is 1. The fourth-order valence-corrected chi connectivity index (χ4v) is 8.92. The first kappa shape index (κ1) is 28.5. The van der Waals surface area contributed by atoms with E-state index >= 15 is 0 Å². The molecule has 0 saturated heterocycles. The van der Waals surface area contributed by atoms with Crippen LogP contribution in [-0.2, 0) is 23.9 Å². The number of ketones is 2. The Hall–Kier alpha value is -2.54. The third-order valence-corrected chi connectivity index (χ3v) is 10.8. The van der Waals surface area contributed by atoms with Gasteiger partial charge in [0.25, 0.3) is 0 Å². The summed E-state index contributed by atoms with van der Waals surface area (Å²) in [7, 11) is 0. The maximum Gasteiger partial charge on any atom is 0.331 e. The molecule has 0 aromatic rings. The van der Waals surface area contributed by atoms with E-state index in [4.69, 9.17) is 4.74 Å². The molecule has 7 nitrogen and oxygen atoms in total. The second kappa shape index (κ2) is 9.58. The van der Waals surface area contributed by atoms with Crippen molar-refractivity contribution in [3.8, 4) is 0 Å². The lowest BCUT2D eigenvalue weighted by atomic mass is 9.37. The monoisotopic (exact) mass is 526 g/mol. The molecule has 0 unspecified atom stereocenters. The number of allylic oxidation sites excluding steroid dienone is 4. The lowest BCUT2D eigenvalue weighted by Gasteiger charge is -2.65. The number of carbonyl (C=O) groups excluding carboxylic acids is 3. The second-order valence-corrected chi connectivity index (χ2v) is 12.9. The SMILES string of the molecule is CC(=O)O[C@H]1C[C@@]2(C)[C@@H](CC[C@H]3[C@@]4(C)C=CC(=O)[C@@H](C)[C@@H]4[C@H](O)C(=O)[C@@]32C)/C1=C(/CCC=C(C)C)C(=O)O. The number of hydrogen-bond acceptors (Lipinski definition) is 6. The number of carboxylic acids is 1. The first-order valence-corrected chi connectivity index (χ1v) is 13.8. The molecule has 4 aliphatic rings. The number of Topliss-reactive ketones (excluding diaryl/α,β-unsaturated/α-hetero) is 1. The average molecular weight is 527 g/mol. The summed E-state index contributed by atoms with van der Waals surface area (Å²) in [5.74, 6) is -3.29. The molecule has 208 valence electrons. The first-order chi connectivity index (χ1) is 17.6. The minimum Gasteiger partial charge on any atom is -0.478 e. The molecule has 2 N–H and O–H groups in total. The number of carboxylic acid groups (broad SMARTS) is 1. The van der Waals surface area contributed by atoms with Crippen LogP contribution in [0.1, 0.15) is 80.6 Å². The molecular formula is C31H42O7. The minimum atomic E-state index is -1.31. The predicted octanol–water partition coefficient (Wildman–Crippen LogP) is 4.83. The van der Waals surface area contributed by atoms with Gasteiger partial charge < -0.3 is 14.9 Å². The minimum absolute atomic E-state index is 0.0775. The summed E-state index contributed by atoms with van der Waals surface area (Å²) in [4.78, 5) is 51.6. The molecule has 0 bridgehead atoms. The number of aliphatic hydroxyl groups excluding tert-OH is 1. The Labute approximate surface area is 225 Å². The third-order valence-electron chi connectivity index (χ3n) is 10.8. The lowest BCUT2D eigenvalue weighted by Crippen LogP contribution is -2.69. The number of hydrogen-bond donors (Lipinski definition) is 2. The van der Waals surface area contributed by atoms with Gasteiger partial charge in [0.05, 0.1) is 0 Å². The van der Waals surface area contributed by atoms with Gasteiger partial charge in [-0.05, 0) is 80.3 Å². The number of ether oxygens (including phenoxy) is 1. The molecular weight excluding hydrogens is 484 g/mol. The molecule has 0 aliphatic heterocycles. The predicted molar refractivity (Wildman–Crippen MR) is 142 cm³/mol. The topological polar surface area (TPSA) is 118 Å². The van der Waals surface area contributed by atoms with Gasteiger partial charge in [-0.2, -0.15) is 0 Å². The zero-order chi connectivity index (χ0) is 28.4. The summed E-state index contributed by atoms with van der Waals surface area (Å²) in [6.07, 6.45) is 5.91. The Morgan fingerprint density at radius 2 is 1.79 bits per heavy atom. The molecule has 9 atom stereocenters. The highest BCUT2D eigenvalue weighted by Gasteiger charge is 2.73. The van der Waals surface area contributed by atoms with Gasteiger partial charge in [0.2, 0.25) is 0 Å². The van der Waals surface area contributed by atoms with E-state index in [1.54, 1.807) is 13.0 Å². The Kier molecular flexibility index (Phi) is 7.18. The zero-order valence-corrected chi connectivity index (χ0v) is 23.7. The van der Waals surface area contributed by atoms with Gasteiger partial charge in [0, 0.05) is 29.7 Å². The molecule has 0 amide bonds. The highest BCUT2D eigenvalue weighted by molar-refractivity contribution is 5.97. The van der Waals surface area contributed by atoms with E-state index in [9.17, 15) is 29.4 Å². The van der Waals surface area contributed by atoms with E-state index in [2.05, 4.69) is 6.92 Å². The molecule has 7 heteroatoms. The summed E-state index contributed by atoms with van der Waals surface area (Å²) in [5.41, 5.74) is -0.352. The van der Waals surface area contributed by atoms with Crippen molar-refractivity contribution in [2.24, 2.45) is 39.9 Å². The fraction of sp³-hybridized carbons (Fsp3) is 0.677. The smallest absolute Gasteiger partial charge is 0.331 e. The van der Waals surface area contributed by atoms with Crippen LogP contribution in [0.25, 0.3) is 0 Å². The van der Waals surface area contributed by atoms with E-state index < -0.39 is 52.2 Å². The first-order valence-electron chi connectivity index (χ1n) is 13.8. The van der Waals surface area contributed by atoms with Gasteiger partial charge in [-0.3, -0.25) is 14.4 Å². The second-order valence-electron chi connectivity index (χ2n) is 12.9. The van der Waals surface area contributed by atoms with Crippen LogP contribution >= 0.6 is 0 Å². The normalized spacial score (nSPS) is 43.1. The highest BCUT2D eigenvalue weighted by atomic mass is 16.5. The summed E-state index contributed by atoms with van der Waals surface area (Å²) >= 11 is 0. The maximum atomic E-state index is 14.2. The van der Waals surface area contributed by atoms with Gasteiger partial charge in [-0.1, -0.05) is 45.4 Å². The molecule has 0 aromatic carbocycles. The summed E-state index contributed by atoms with van der Waals surface area (Å²) in [6.45, 7) is 13.0. The van der Waals surface area contributed by atoms with Crippen LogP contribution in [0.15, 0.2) is 34.9 Å². The standard InChI is InChI=1S/C31H42O7/c1-16(2)9-8-10-19(28(36)37)24-20-11-12-23-29(5)14-13-21(33)17(3)25(29)26(34)27(35)31(23,7)30(20,6)15-22(24)38-18(4)32/h9,13-14,17,20,22-23,25-26,34H,8,10-12,15H2,1-7H3,(H,36,37)/b24-19+/t17-,20+,22+,23+,25-,26+,29-,30+,31-/m1/s1. The van der Waals surface area contributed by atoms with Crippen LogP contribution in [0, 0.1) is 39.9 Å². The van der Waals surface area contributed by atoms with Crippen molar-refractivity contribution in [1.82, 2.24) is 0 Å². The van der Waals surface area contributed by atoms with Gasteiger partial charge in [-0.15, -0.1) is 0 Å². The highest BCUT2D eigenvalue weighted by Crippen LogP contribution is 2.72.